The van der Waals surface area contributed by atoms with Crippen molar-refractivity contribution in [3.05, 3.63) is 11.5 Å². The average Bonchev–Trinajstić information content (AvgIpc) is 3.69. The Hall–Kier alpha value is -1.51. The molecule has 0 bridgehead atoms. The van der Waals surface area contributed by atoms with Crippen molar-refractivity contribution >= 4 is 53.9 Å². The number of aromatic nitrogens is 4. The predicted octanol–water partition coefficient (Wildman–Crippen LogP) is 8.48. The van der Waals surface area contributed by atoms with E-state index in [4.69, 9.17) is 44.7 Å². The van der Waals surface area contributed by atoms with Gasteiger partial charge in [-0.25, -0.2) is 9.48 Å². The third kappa shape index (κ3) is 9.11. The molecule has 0 radical (unpaired) electrons. The Kier molecular flexibility index (Phi) is 10.9. The van der Waals surface area contributed by atoms with Crippen LogP contribution in [-0.4, -0.2) is 83.5 Å². The summed E-state index contributed by atoms with van der Waals surface area (Å²) in [7, 11) is -3.57. The van der Waals surface area contributed by atoms with Crippen LogP contribution in [0.3, 0.4) is 0 Å². The molecule has 0 spiro atoms. The Bertz CT molecular complexity index is 1540. The summed E-state index contributed by atoms with van der Waals surface area (Å²) in [4.78, 5) is 23.9. The van der Waals surface area contributed by atoms with Crippen molar-refractivity contribution in [1.82, 2.24) is 19.7 Å². The average molecular weight is 746 g/mol. The molecule has 2 aliphatic heterocycles. The van der Waals surface area contributed by atoms with E-state index in [0.29, 0.717) is 22.6 Å². The molecule has 1 saturated carbocycles. The molecule has 49 heavy (non-hydrogen) atoms. The molecule has 1 aliphatic carbocycles. The minimum atomic E-state index is -3.57. The molecule has 1 amide bonds. The minimum absolute atomic E-state index is 0.0383. The molecule has 0 aromatic carbocycles. The van der Waals surface area contributed by atoms with Crippen LogP contribution in [0.2, 0.25) is 5.28 Å². The highest BCUT2D eigenvalue weighted by molar-refractivity contribution is 8.05. The summed E-state index contributed by atoms with van der Waals surface area (Å²) in [5.74, 6) is -0.129. The molecule has 2 aromatic heterocycles. The van der Waals surface area contributed by atoms with Crippen molar-refractivity contribution in [2.45, 2.75) is 167 Å². The predicted molar refractivity (Wildman–Crippen MR) is 190 cm³/mol. The number of ether oxygens (including phenoxy) is 4. The van der Waals surface area contributed by atoms with Crippen LogP contribution in [0.5, 0.6) is 0 Å². The molecule has 2 saturated heterocycles. The van der Waals surface area contributed by atoms with E-state index in [1.807, 2.05) is 83.1 Å². The second-order valence-corrected chi connectivity index (χ2v) is 20.7. The fourth-order valence-corrected chi connectivity index (χ4v) is 10.4. The number of thioether (sulfide) groups is 1. The number of carbonyl (C=O) groups is 1. The standard InChI is InChI=1S/C33H53ClN5O8PS/c1-19(48(41,46-31(5,6)7)47-32(8,9)10)49-18-22-23-24(44-33(11,12)43-23)27(42-22)39-26-21(17-35-39)25(36-28(34)37-26)38(20-15-13-14-16-20)29(40)45-30(2,3)4/h17,19-20,22-24,27H,13-16,18H2,1-12H3/t19-,22-,23-,24-,27-/m1/s1. The molecule has 3 aliphatic rings. The molecule has 276 valence electrons. The SMILES string of the molecule is C[C@@H](SC[C@H]1O[C@@H](n2ncc3c(N(C(=O)OC(C)(C)C)C4CCCC4)nc(Cl)nc32)[C@@H]2OC(C)(C)O[C@@H]21)P(=O)(OC(C)(C)C)OC(C)(C)C. The van der Waals surface area contributed by atoms with E-state index >= 15 is 0 Å². The van der Waals surface area contributed by atoms with E-state index < -0.39 is 65.8 Å². The molecular formula is C33H53ClN5O8PS. The number of nitrogens with zero attached hydrogens (tertiary/aromatic N) is 5. The lowest BCUT2D eigenvalue weighted by Crippen LogP contribution is -2.43. The van der Waals surface area contributed by atoms with Crippen LogP contribution in [0.4, 0.5) is 10.6 Å². The van der Waals surface area contributed by atoms with Crippen molar-refractivity contribution in [2.75, 3.05) is 10.7 Å². The molecule has 0 unspecified atom stereocenters. The molecule has 0 N–H and O–H groups in total. The van der Waals surface area contributed by atoms with E-state index in [1.165, 1.54) is 11.8 Å². The number of carbonyl (C=O) groups excluding carboxylic acids is 1. The zero-order valence-electron chi connectivity index (χ0n) is 30.8. The number of rotatable bonds is 9. The van der Waals surface area contributed by atoms with Gasteiger partial charge < -0.3 is 28.0 Å². The summed E-state index contributed by atoms with van der Waals surface area (Å²) in [6.07, 6.45) is 2.55. The first-order chi connectivity index (χ1) is 22.5. The number of fused-ring (bicyclic) bond motifs is 2. The maximum atomic E-state index is 14.2. The van der Waals surface area contributed by atoms with E-state index in [0.717, 1.165) is 25.7 Å². The van der Waals surface area contributed by atoms with Gasteiger partial charge in [0, 0.05) is 11.8 Å². The van der Waals surface area contributed by atoms with E-state index in [2.05, 4.69) is 9.97 Å². The van der Waals surface area contributed by atoms with Gasteiger partial charge in [-0.2, -0.15) is 15.1 Å². The summed E-state index contributed by atoms with van der Waals surface area (Å²) >= 11 is 8.00. The lowest BCUT2D eigenvalue weighted by molar-refractivity contribution is -0.195. The first-order valence-electron chi connectivity index (χ1n) is 17.0. The van der Waals surface area contributed by atoms with E-state index in [9.17, 15) is 9.36 Å². The zero-order valence-corrected chi connectivity index (χ0v) is 33.3. The molecule has 3 fully saturated rings. The third-order valence-electron chi connectivity index (χ3n) is 8.03. The largest absolute Gasteiger partial charge is 0.443 e. The van der Waals surface area contributed by atoms with Crippen LogP contribution in [-0.2, 0) is 32.6 Å². The quantitative estimate of drug-likeness (QED) is 0.180. The smallest absolute Gasteiger partial charge is 0.416 e. The van der Waals surface area contributed by atoms with E-state index in [1.54, 1.807) is 15.8 Å². The summed E-state index contributed by atoms with van der Waals surface area (Å²) in [6, 6.07) is -0.101. The van der Waals surface area contributed by atoms with Crippen LogP contribution in [0.25, 0.3) is 11.0 Å². The van der Waals surface area contributed by atoms with Crippen molar-refractivity contribution in [3.8, 4) is 0 Å². The fourth-order valence-electron chi connectivity index (χ4n) is 6.38. The molecule has 5 atom stereocenters. The minimum Gasteiger partial charge on any atom is -0.443 e. The number of hydrogen-bond donors (Lipinski definition) is 0. The van der Waals surface area contributed by atoms with Crippen LogP contribution in [0.1, 0.15) is 115 Å². The molecule has 13 nitrogen and oxygen atoms in total. The van der Waals surface area contributed by atoms with Gasteiger partial charge in [0.2, 0.25) is 5.28 Å². The van der Waals surface area contributed by atoms with E-state index in [-0.39, 0.29) is 11.3 Å². The molecule has 5 rings (SSSR count). The Morgan fingerprint density at radius 3 is 2.20 bits per heavy atom. The van der Waals surface area contributed by atoms with Crippen LogP contribution < -0.4 is 4.90 Å². The van der Waals surface area contributed by atoms with Gasteiger partial charge in [-0.05, 0) is 108 Å². The highest BCUT2D eigenvalue weighted by Crippen LogP contribution is 2.61. The Balaban J connectivity index is 1.46. The van der Waals surface area contributed by atoms with Crippen molar-refractivity contribution < 1.29 is 37.4 Å². The first kappa shape index (κ1) is 38.7. The molecule has 16 heteroatoms. The Morgan fingerprint density at radius 1 is 1.04 bits per heavy atom. The molecular weight excluding hydrogens is 693 g/mol. The summed E-state index contributed by atoms with van der Waals surface area (Å²) in [5, 5.41) is 5.20. The summed E-state index contributed by atoms with van der Waals surface area (Å²) in [5.41, 5.74) is -1.67. The summed E-state index contributed by atoms with van der Waals surface area (Å²) < 4.78 is 53.2. The fraction of sp³-hybridized carbons (Fsp3) is 0.818. The Morgan fingerprint density at radius 2 is 1.63 bits per heavy atom. The maximum absolute atomic E-state index is 14.2. The van der Waals surface area contributed by atoms with Gasteiger partial charge in [0.1, 0.15) is 22.8 Å². The summed E-state index contributed by atoms with van der Waals surface area (Å²) in [6.45, 7) is 22.2. The lowest BCUT2D eigenvalue weighted by Gasteiger charge is -2.35. The third-order valence-corrected chi connectivity index (χ3v) is 12.9. The lowest BCUT2D eigenvalue weighted by atomic mass is 10.1. The highest BCUT2D eigenvalue weighted by atomic mass is 35.5. The van der Waals surface area contributed by atoms with Crippen LogP contribution >= 0.6 is 31.0 Å². The van der Waals surface area contributed by atoms with Crippen LogP contribution in [0.15, 0.2) is 6.20 Å². The van der Waals surface area contributed by atoms with Gasteiger partial charge in [-0.3, -0.25) is 9.46 Å². The number of anilines is 1. The van der Waals surface area contributed by atoms with Gasteiger partial charge in [0.05, 0.1) is 28.9 Å². The molecule has 2 aromatic rings. The van der Waals surface area contributed by atoms with Gasteiger partial charge in [-0.1, -0.05) is 12.8 Å². The monoisotopic (exact) mass is 745 g/mol. The van der Waals surface area contributed by atoms with Crippen molar-refractivity contribution in [3.63, 3.8) is 0 Å². The van der Waals surface area contributed by atoms with Gasteiger partial charge in [-0.15, -0.1) is 11.8 Å². The highest BCUT2D eigenvalue weighted by Gasteiger charge is 2.57. The second-order valence-electron chi connectivity index (χ2n) is 16.4. The molecule has 4 heterocycles. The Labute approximate surface area is 299 Å². The number of halogens is 1. The van der Waals surface area contributed by atoms with Crippen molar-refractivity contribution in [1.29, 1.82) is 0 Å². The first-order valence-corrected chi connectivity index (χ1v) is 20.1. The number of hydrogen-bond acceptors (Lipinski definition) is 12. The van der Waals surface area contributed by atoms with Crippen molar-refractivity contribution in [2.24, 2.45) is 0 Å². The maximum Gasteiger partial charge on any atom is 0.416 e. The topological polar surface area (TPSA) is 136 Å². The van der Waals surface area contributed by atoms with Gasteiger partial charge >= 0.3 is 13.7 Å². The van der Waals surface area contributed by atoms with Gasteiger partial charge in [0.25, 0.3) is 0 Å². The normalized spacial score (nSPS) is 25.6. The van der Waals surface area contributed by atoms with Crippen LogP contribution in [0, 0.1) is 0 Å². The number of amides is 1. The zero-order chi connectivity index (χ0) is 36.3. The van der Waals surface area contributed by atoms with Gasteiger partial charge in [0.15, 0.2) is 23.5 Å². The second kappa shape index (κ2) is 13.8.